The first kappa shape index (κ1) is 14.4. The predicted octanol–water partition coefficient (Wildman–Crippen LogP) is -0.270. The molecule has 0 amide bonds. The fourth-order valence-electron chi connectivity index (χ4n) is 0.841. The molecule has 1 aliphatic rings. The minimum Gasteiger partial charge on any atom is -0.400 e. The summed E-state index contributed by atoms with van der Waals surface area (Å²) in [5.74, 6) is 0. The van der Waals surface area contributed by atoms with Crippen LogP contribution in [0.15, 0.2) is 0 Å². The van der Waals surface area contributed by atoms with Crippen LogP contribution in [0.5, 0.6) is 0 Å². The standard InChI is InChI=1S/C5H11NO2.C2H6.CH4O/c6-4-1-5(7)3-8-2-4;2*1-2/h4-5,7H,1-3,6H2;1-2H3;2H,1H3/t4-,5+;;/m1../s1. The van der Waals surface area contributed by atoms with Crippen LogP contribution in [0.25, 0.3) is 0 Å². The lowest BCUT2D eigenvalue weighted by Gasteiger charge is -2.22. The SMILES string of the molecule is CC.CO.N[C@H]1COC[C@@H](O)C1. The maximum atomic E-state index is 8.87. The van der Waals surface area contributed by atoms with E-state index in [9.17, 15) is 0 Å². The smallest absolute Gasteiger partial charge is 0.0789 e. The van der Waals surface area contributed by atoms with Crippen LogP contribution >= 0.6 is 0 Å². The highest BCUT2D eigenvalue weighted by molar-refractivity contribution is 4.70. The molecule has 1 saturated heterocycles. The number of aliphatic hydroxyl groups is 2. The maximum absolute atomic E-state index is 8.87. The number of aliphatic hydroxyl groups excluding tert-OH is 2. The zero-order valence-corrected chi connectivity index (χ0v) is 8.16. The first-order chi connectivity index (χ1) is 5.79. The third-order valence-electron chi connectivity index (χ3n) is 1.22. The van der Waals surface area contributed by atoms with Gasteiger partial charge in [-0.3, -0.25) is 0 Å². The Bertz CT molecular complexity index is 72.7. The molecule has 4 nitrogen and oxygen atoms in total. The lowest BCUT2D eigenvalue weighted by molar-refractivity contribution is -0.0154. The van der Waals surface area contributed by atoms with E-state index in [0.29, 0.717) is 19.6 Å². The molecule has 1 fully saturated rings. The minimum atomic E-state index is -0.334. The second-order valence-electron chi connectivity index (χ2n) is 2.19. The van der Waals surface area contributed by atoms with Crippen molar-refractivity contribution < 1.29 is 14.9 Å². The van der Waals surface area contributed by atoms with E-state index in [1.54, 1.807) is 0 Å². The van der Waals surface area contributed by atoms with E-state index in [-0.39, 0.29) is 12.1 Å². The summed E-state index contributed by atoms with van der Waals surface area (Å²) in [6, 6.07) is 0.0405. The maximum Gasteiger partial charge on any atom is 0.0789 e. The molecule has 0 aromatic heterocycles. The number of hydrogen-bond acceptors (Lipinski definition) is 4. The summed E-state index contributed by atoms with van der Waals surface area (Å²) in [5, 5.41) is 15.9. The summed E-state index contributed by atoms with van der Waals surface area (Å²) in [5.41, 5.74) is 5.44. The van der Waals surface area contributed by atoms with Gasteiger partial charge in [-0.15, -0.1) is 0 Å². The van der Waals surface area contributed by atoms with Crippen molar-refractivity contribution in [3.8, 4) is 0 Å². The van der Waals surface area contributed by atoms with Crippen LogP contribution in [-0.4, -0.2) is 42.7 Å². The Hall–Kier alpha value is -0.160. The van der Waals surface area contributed by atoms with Gasteiger partial charge in [0.05, 0.1) is 19.3 Å². The molecule has 0 bridgehead atoms. The van der Waals surface area contributed by atoms with Crippen LogP contribution < -0.4 is 5.73 Å². The number of ether oxygens (including phenoxy) is 1. The molecule has 0 radical (unpaired) electrons. The van der Waals surface area contributed by atoms with Gasteiger partial charge in [0.15, 0.2) is 0 Å². The van der Waals surface area contributed by atoms with Crippen molar-refractivity contribution in [2.24, 2.45) is 5.73 Å². The van der Waals surface area contributed by atoms with E-state index in [1.165, 1.54) is 0 Å². The number of hydrogen-bond donors (Lipinski definition) is 3. The van der Waals surface area contributed by atoms with Gasteiger partial charge in [0.25, 0.3) is 0 Å². The molecule has 0 aromatic carbocycles. The van der Waals surface area contributed by atoms with Crippen molar-refractivity contribution >= 4 is 0 Å². The number of nitrogens with two attached hydrogens (primary N) is 1. The highest BCUT2D eigenvalue weighted by Crippen LogP contribution is 2.03. The van der Waals surface area contributed by atoms with Crippen molar-refractivity contribution in [3.63, 3.8) is 0 Å². The topological polar surface area (TPSA) is 75.7 Å². The second-order valence-corrected chi connectivity index (χ2v) is 2.19. The summed E-state index contributed by atoms with van der Waals surface area (Å²) in [4.78, 5) is 0. The highest BCUT2D eigenvalue weighted by atomic mass is 16.5. The van der Waals surface area contributed by atoms with Crippen LogP contribution in [0.2, 0.25) is 0 Å². The fourth-order valence-corrected chi connectivity index (χ4v) is 0.841. The molecule has 76 valence electrons. The summed E-state index contributed by atoms with van der Waals surface area (Å²) in [6.45, 7) is 5.05. The van der Waals surface area contributed by atoms with Gasteiger partial charge < -0.3 is 20.7 Å². The predicted molar refractivity (Wildman–Crippen MR) is 48.9 cm³/mol. The molecule has 12 heavy (non-hydrogen) atoms. The van der Waals surface area contributed by atoms with Crippen molar-refractivity contribution in [1.82, 2.24) is 0 Å². The van der Waals surface area contributed by atoms with E-state index in [4.69, 9.17) is 20.7 Å². The third kappa shape index (κ3) is 7.94. The van der Waals surface area contributed by atoms with E-state index in [1.807, 2.05) is 13.8 Å². The average Bonchev–Trinajstić information content (AvgIpc) is 2.11. The fraction of sp³-hybridized carbons (Fsp3) is 1.00. The van der Waals surface area contributed by atoms with Gasteiger partial charge in [-0.25, -0.2) is 0 Å². The number of rotatable bonds is 0. The van der Waals surface area contributed by atoms with Crippen LogP contribution in [0.1, 0.15) is 20.3 Å². The van der Waals surface area contributed by atoms with Gasteiger partial charge in [0, 0.05) is 13.2 Å². The zero-order chi connectivity index (χ0) is 9.98. The first-order valence-corrected chi connectivity index (χ1v) is 4.25. The van der Waals surface area contributed by atoms with Crippen LogP contribution in [0.3, 0.4) is 0 Å². The summed E-state index contributed by atoms with van der Waals surface area (Å²) in [6.07, 6.45) is 0.346. The quantitative estimate of drug-likeness (QED) is 0.478. The first-order valence-electron chi connectivity index (χ1n) is 4.25. The van der Waals surface area contributed by atoms with Crippen LogP contribution in [0, 0.1) is 0 Å². The molecule has 1 heterocycles. The Morgan fingerprint density at radius 3 is 2.00 bits per heavy atom. The van der Waals surface area contributed by atoms with Gasteiger partial charge in [0.1, 0.15) is 0 Å². The van der Waals surface area contributed by atoms with Crippen LogP contribution in [-0.2, 0) is 4.74 Å². The molecule has 4 heteroatoms. The molecule has 0 aliphatic carbocycles. The largest absolute Gasteiger partial charge is 0.400 e. The molecule has 1 aliphatic heterocycles. The van der Waals surface area contributed by atoms with Crippen molar-refractivity contribution in [1.29, 1.82) is 0 Å². The highest BCUT2D eigenvalue weighted by Gasteiger charge is 2.16. The molecular formula is C8H21NO3. The Balaban J connectivity index is 0. The van der Waals surface area contributed by atoms with Crippen molar-refractivity contribution in [2.75, 3.05) is 20.3 Å². The Morgan fingerprint density at radius 2 is 1.75 bits per heavy atom. The molecule has 0 unspecified atom stereocenters. The molecular weight excluding hydrogens is 158 g/mol. The van der Waals surface area contributed by atoms with Gasteiger partial charge in [-0.1, -0.05) is 13.8 Å². The Kier molecular flexibility index (Phi) is 13.0. The van der Waals surface area contributed by atoms with Crippen molar-refractivity contribution in [2.45, 2.75) is 32.4 Å². The lowest BCUT2D eigenvalue weighted by atomic mass is 10.1. The monoisotopic (exact) mass is 179 g/mol. The van der Waals surface area contributed by atoms with E-state index >= 15 is 0 Å². The minimum absolute atomic E-state index is 0.0405. The van der Waals surface area contributed by atoms with E-state index in [0.717, 1.165) is 7.11 Å². The molecule has 0 saturated carbocycles. The molecule has 0 aromatic rings. The average molecular weight is 179 g/mol. The normalized spacial score (nSPS) is 27.5. The molecule has 0 spiro atoms. The Labute approximate surface area is 74.3 Å². The summed E-state index contributed by atoms with van der Waals surface area (Å²) >= 11 is 0. The second kappa shape index (κ2) is 10.8. The summed E-state index contributed by atoms with van der Waals surface area (Å²) < 4.78 is 4.92. The third-order valence-corrected chi connectivity index (χ3v) is 1.22. The van der Waals surface area contributed by atoms with Gasteiger partial charge in [-0.2, -0.15) is 0 Å². The lowest BCUT2D eigenvalue weighted by Crippen LogP contribution is -2.38. The molecule has 1 rings (SSSR count). The van der Waals surface area contributed by atoms with Gasteiger partial charge >= 0.3 is 0 Å². The molecule has 4 N–H and O–H groups in total. The zero-order valence-electron chi connectivity index (χ0n) is 8.16. The van der Waals surface area contributed by atoms with E-state index < -0.39 is 0 Å². The van der Waals surface area contributed by atoms with Crippen LogP contribution in [0.4, 0.5) is 0 Å². The van der Waals surface area contributed by atoms with E-state index in [2.05, 4.69) is 0 Å². The Morgan fingerprint density at radius 1 is 1.25 bits per heavy atom. The van der Waals surface area contributed by atoms with Crippen molar-refractivity contribution in [3.05, 3.63) is 0 Å². The van der Waals surface area contributed by atoms with Gasteiger partial charge in [0.2, 0.25) is 0 Å². The molecule has 2 atom stereocenters. The summed E-state index contributed by atoms with van der Waals surface area (Å²) in [7, 11) is 1.00. The van der Waals surface area contributed by atoms with Gasteiger partial charge in [-0.05, 0) is 6.42 Å².